The zero-order valence-electron chi connectivity index (χ0n) is 10.4. The molecule has 2 rings (SSSR count). The average Bonchev–Trinajstić information content (AvgIpc) is 2.39. The van der Waals surface area contributed by atoms with Crippen LogP contribution in [0.25, 0.3) is 0 Å². The summed E-state index contributed by atoms with van der Waals surface area (Å²) in [7, 11) is 1.64. The molecule has 0 saturated carbocycles. The van der Waals surface area contributed by atoms with E-state index in [1.807, 2.05) is 55.5 Å². The van der Waals surface area contributed by atoms with Crippen LogP contribution in [0.15, 0.2) is 53.5 Å². The monoisotopic (exact) mass is 259 g/mol. The van der Waals surface area contributed by atoms with Crippen molar-refractivity contribution < 1.29 is 4.74 Å². The molecular formula is C15H14ClNO. The molecule has 2 aromatic rings. The summed E-state index contributed by atoms with van der Waals surface area (Å²) in [5.74, 6) is 0.763. The molecule has 0 spiro atoms. The lowest BCUT2D eigenvalue weighted by atomic mass is 10.1. The van der Waals surface area contributed by atoms with Crippen LogP contribution < -0.4 is 4.74 Å². The Balaban J connectivity index is 2.38. The standard InChI is InChI=1S/C15H14ClNO/c1-11(12-6-5-7-13(16)10-12)17-14-8-3-4-9-15(14)18-2/h3-10H,1-2H3. The maximum atomic E-state index is 5.97. The number of aliphatic imine (C=N–C) groups is 1. The highest BCUT2D eigenvalue weighted by atomic mass is 35.5. The highest BCUT2D eigenvalue weighted by Gasteiger charge is 2.02. The number of halogens is 1. The van der Waals surface area contributed by atoms with Crippen molar-refractivity contribution in [2.75, 3.05) is 7.11 Å². The van der Waals surface area contributed by atoms with Gasteiger partial charge in [-0.1, -0.05) is 35.9 Å². The fourth-order valence-electron chi connectivity index (χ4n) is 1.68. The predicted octanol–water partition coefficient (Wildman–Crippen LogP) is 4.49. The minimum atomic E-state index is 0.710. The number of methoxy groups -OCH3 is 1. The van der Waals surface area contributed by atoms with Crippen LogP contribution in [-0.2, 0) is 0 Å². The fourth-order valence-corrected chi connectivity index (χ4v) is 1.87. The quantitative estimate of drug-likeness (QED) is 0.745. The molecule has 0 bridgehead atoms. The van der Waals surface area contributed by atoms with E-state index in [4.69, 9.17) is 16.3 Å². The van der Waals surface area contributed by atoms with Crippen LogP contribution in [0.3, 0.4) is 0 Å². The van der Waals surface area contributed by atoms with Gasteiger partial charge in [-0.2, -0.15) is 0 Å². The molecule has 0 aliphatic carbocycles. The zero-order valence-corrected chi connectivity index (χ0v) is 11.1. The van der Waals surface area contributed by atoms with Crippen LogP contribution in [0.2, 0.25) is 5.02 Å². The van der Waals surface area contributed by atoms with Crippen molar-refractivity contribution in [1.82, 2.24) is 0 Å². The highest BCUT2D eigenvalue weighted by Crippen LogP contribution is 2.27. The molecule has 0 N–H and O–H groups in total. The molecule has 0 fully saturated rings. The second-order valence-electron chi connectivity index (χ2n) is 3.88. The molecule has 18 heavy (non-hydrogen) atoms. The molecule has 3 heteroatoms. The maximum Gasteiger partial charge on any atom is 0.144 e. The normalized spacial score (nSPS) is 11.4. The molecule has 0 aromatic heterocycles. The van der Waals surface area contributed by atoms with Gasteiger partial charge in [0.25, 0.3) is 0 Å². The first-order chi connectivity index (χ1) is 8.70. The molecule has 0 aliphatic heterocycles. The summed E-state index contributed by atoms with van der Waals surface area (Å²) in [4.78, 5) is 4.57. The third kappa shape index (κ3) is 2.90. The van der Waals surface area contributed by atoms with E-state index >= 15 is 0 Å². The largest absolute Gasteiger partial charge is 0.494 e. The first-order valence-corrected chi connectivity index (χ1v) is 6.03. The van der Waals surface area contributed by atoms with Crippen molar-refractivity contribution >= 4 is 23.0 Å². The van der Waals surface area contributed by atoms with E-state index in [-0.39, 0.29) is 0 Å². The van der Waals surface area contributed by atoms with Gasteiger partial charge >= 0.3 is 0 Å². The van der Waals surface area contributed by atoms with Crippen molar-refractivity contribution in [3.8, 4) is 5.75 Å². The first kappa shape index (κ1) is 12.7. The molecule has 2 aromatic carbocycles. The number of ether oxygens (including phenoxy) is 1. The number of rotatable bonds is 3. The third-order valence-corrected chi connectivity index (χ3v) is 2.85. The van der Waals surface area contributed by atoms with E-state index in [9.17, 15) is 0 Å². The maximum absolute atomic E-state index is 5.97. The van der Waals surface area contributed by atoms with Gasteiger partial charge in [-0.3, -0.25) is 0 Å². The van der Waals surface area contributed by atoms with Gasteiger partial charge in [0.2, 0.25) is 0 Å². The van der Waals surface area contributed by atoms with Gasteiger partial charge < -0.3 is 4.74 Å². The molecule has 0 saturated heterocycles. The van der Waals surface area contributed by atoms with Gasteiger partial charge in [-0.15, -0.1) is 0 Å². The number of hydrogen-bond acceptors (Lipinski definition) is 2. The van der Waals surface area contributed by atoms with Gasteiger partial charge in [0.15, 0.2) is 0 Å². The van der Waals surface area contributed by atoms with E-state index in [1.54, 1.807) is 7.11 Å². The van der Waals surface area contributed by atoms with Crippen LogP contribution in [0.5, 0.6) is 5.75 Å². The number of hydrogen-bond donors (Lipinski definition) is 0. The number of benzene rings is 2. The summed E-state index contributed by atoms with van der Waals surface area (Å²) in [6.45, 7) is 1.96. The third-order valence-electron chi connectivity index (χ3n) is 2.62. The van der Waals surface area contributed by atoms with Gasteiger partial charge in [0.05, 0.1) is 7.11 Å². The Kier molecular flexibility index (Phi) is 4.00. The average molecular weight is 260 g/mol. The predicted molar refractivity (Wildman–Crippen MR) is 76.3 cm³/mol. The Morgan fingerprint density at radius 3 is 2.61 bits per heavy atom. The van der Waals surface area contributed by atoms with Crippen LogP contribution in [0, 0.1) is 0 Å². The number of nitrogens with zero attached hydrogens (tertiary/aromatic N) is 1. The Morgan fingerprint density at radius 1 is 1.11 bits per heavy atom. The second-order valence-corrected chi connectivity index (χ2v) is 4.32. The summed E-state index contributed by atoms with van der Waals surface area (Å²) in [5, 5.41) is 0.710. The highest BCUT2D eigenvalue weighted by molar-refractivity contribution is 6.31. The van der Waals surface area contributed by atoms with E-state index in [2.05, 4.69) is 4.99 Å². The molecule has 0 atom stereocenters. The number of para-hydroxylation sites is 2. The Bertz CT molecular complexity index is 578. The molecule has 0 unspecified atom stereocenters. The van der Waals surface area contributed by atoms with Crippen molar-refractivity contribution in [3.63, 3.8) is 0 Å². The fraction of sp³-hybridized carbons (Fsp3) is 0.133. The van der Waals surface area contributed by atoms with Crippen LogP contribution in [0.4, 0.5) is 5.69 Å². The smallest absolute Gasteiger partial charge is 0.144 e. The summed E-state index contributed by atoms with van der Waals surface area (Å²) in [5.41, 5.74) is 2.73. The van der Waals surface area contributed by atoms with Gasteiger partial charge in [-0.05, 0) is 36.8 Å². The molecular weight excluding hydrogens is 246 g/mol. The van der Waals surface area contributed by atoms with Crippen molar-refractivity contribution in [1.29, 1.82) is 0 Å². The minimum absolute atomic E-state index is 0.710. The second kappa shape index (κ2) is 5.69. The summed E-state index contributed by atoms with van der Waals surface area (Å²) in [6, 6.07) is 15.3. The lowest BCUT2D eigenvalue weighted by Gasteiger charge is -2.06. The lowest BCUT2D eigenvalue weighted by Crippen LogP contribution is -1.94. The molecule has 2 nitrogen and oxygen atoms in total. The van der Waals surface area contributed by atoms with E-state index in [0.29, 0.717) is 5.02 Å². The topological polar surface area (TPSA) is 21.6 Å². The van der Waals surface area contributed by atoms with Crippen molar-refractivity contribution in [2.45, 2.75) is 6.92 Å². The van der Waals surface area contributed by atoms with Crippen molar-refractivity contribution in [3.05, 3.63) is 59.1 Å². The van der Waals surface area contributed by atoms with E-state index in [1.165, 1.54) is 0 Å². The van der Waals surface area contributed by atoms with Gasteiger partial charge in [-0.25, -0.2) is 4.99 Å². The molecule has 0 radical (unpaired) electrons. The molecule has 0 heterocycles. The Labute approximate surface area is 112 Å². The summed E-state index contributed by atoms with van der Waals surface area (Å²) >= 11 is 5.97. The van der Waals surface area contributed by atoms with Crippen LogP contribution >= 0.6 is 11.6 Å². The first-order valence-electron chi connectivity index (χ1n) is 5.65. The zero-order chi connectivity index (χ0) is 13.0. The Hall–Kier alpha value is -1.80. The lowest BCUT2D eigenvalue weighted by molar-refractivity contribution is 0.416. The summed E-state index contributed by atoms with van der Waals surface area (Å²) < 4.78 is 5.27. The van der Waals surface area contributed by atoms with Crippen LogP contribution in [0.1, 0.15) is 12.5 Å². The van der Waals surface area contributed by atoms with E-state index in [0.717, 1.165) is 22.7 Å². The Morgan fingerprint density at radius 2 is 1.89 bits per heavy atom. The van der Waals surface area contributed by atoms with Gasteiger partial charge in [0, 0.05) is 10.7 Å². The minimum Gasteiger partial charge on any atom is -0.494 e. The SMILES string of the molecule is COc1ccccc1N=C(C)c1cccc(Cl)c1. The van der Waals surface area contributed by atoms with Crippen molar-refractivity contribution in [2.24, 2.45) is 4.99 Å². The molecule has 92 valence electrons. The van der Waals surface area contributed by atoms with Crippen LogP contribution in [-0.4, -0.2) is 12.8 Å². The summed E-state index contributed by atoms with van der Waals surface area (Å²) in [6.07, 6.45) is 0. The van der Waals surface area contributed by atoms with Gasteiger partial charge in [0.1, 0.15) is 11.4 Å². The molecule has 0 amide bonds. The van der Waals surface area contributed by atoms with E-state index < -0.39 is 0 Å². The molecule has 0 aliphatic rings.